The van der Waals surface area contributed by atoms with Crippen molar-refractivity contribution < 1.29 is 42.2 Å². The number of aryl methyl sites for hydroxylation is 1. The van der Waals surface area contributed by atoms with E-state index < -0.39 is 53.7 Å². The van der Waals surface area contributed by atoms with E-state index >= 15 is 0 Å². The molecule has 224 valence electrons. The molecule has 0 aliphatic carbocycles. The number of rotatable bonds is 6. The SMILES string of the molecule is C[C@@H](O)C1NC(=O)CC[C@@H](C(=O)NCCCn2ccc(C(F)(F)F)n2)NC(=O)c2ccccc2OCCCNC1=O. The van der Waals surface area contributed by atoms with E-state index in [0.717, 1.165) is 10.7 Å². The van der Waals surface area contributed by atoms with Gasteiger partial charge >= 0.3 is 6.18 Å². The molecule has 41 heavy (non-hydrogen) atoms. The smallest absolute Gasteiger partial charge is 0.435 e. The molecule has 15 heteroatoms. The van der Waals surface area contributed by atoms with Crippen molar-refractivity contribution in [1.82, 2.24) is 31.0 Å². The zero-order valence-electron chi connectivity index (χ0n) is 22.4. The molecule has 2 heterocycles. The van der Waals surface area contributed by atoms with Crippen LogP contribution in [0.2, 0.25) is 0 Å². The minimum absolute atomic E-state index is 0.0581. The van der Waals surface area contributed by atoms with Gasteiger partial charge in [0.15, 0.2) is 5.69 Å². The second kappa shape index (κ2) is 14.5. The quantitative estimate of drug-likeness (QED) is 0.314. The van der Waals surface area contributed by atoms with E-state index in [0.29, 0.717) is 6.42 Å². The number of nitrogens with zero attached hydrogens (tertiary/aromatic N) is 2. The molecule has 5 N–H and O–H groups in total. The topological polar surface area (TPSA) is 164 Å². The predicted octanol–water partition coefficient (Wildman–Crippen LogP) is 0.751. The van der Waals surface area contributed by atoms with Gasteiger partial charge in [-0.2, -0.15) is 18.3 Å². The minimum Gasteiger partial charge on any atom is -0.493 e. The summed E-state index contributed by atoms with van der Waals surface area (Å²) >= 11 is 0. The third-order valence-electron chi connectivity index (χ3n) is 6.17. The fraction of sp³-hybridized carbons (Fsp3) is 0.500. The summed E-state index contributed by atoms with van der Waals surface area (Å²) in [6.45, 7) is 1.87. The highest BCUT2D eigenvalue weighted by molar-refractivity contribution is 5.99. The predicted molar refractivity (Wildman–Crippen MR) is 139 cm³/mol. The number of para-hydroxylation sites is 1. The first-order valence-electron chi connectivity index (χ1n) is 13.1. The van der Waals surface area contributed by atoms with Crippen LogP contribution in [0.3, 0.4) is 0 Å². The summed E-state index contributed by atoms with van der Waals surface area (Å²) in [5, 5.41) is 23.8. The number of amides is 4. The summed E-state index contributed by atoms with van der Waals surface area (Å²) in [6.07, 6.45) is -4.35. The lowest BCUT2D eigenvalue weighted by Gasteiger charge is -2.23. The standard InChI is InChI=1S/C26H33F3N6O6/c1-16(36)22-25(40)31-12-5-15-41-19-7-3-2-6-17(19)23(38)32-18(8-9-21(37)33-22)24(39)30-11-4-13-35-14-10-20(34-35)26(27,28)29/h2-3,6-7,10,14,16,18,22,36H,4-5,8-9,11-13,15H2,1H3,(H,30,39)(H,31,40)(H,32,38)(H,33,37)/t16-,18+,22?/m1/s1. The molecule has 3 rings (SSSR count). The number of nitrogens with one attached hydrogen (secondary N) is 4. The highest BCUT2D eigenvalue weighted by atomic mass is 19.4. The van der Waals surface area contributed by atoms with Crippen LogP contribution in [0.1, 0.15) is 48.7 Å². The number of carbonyl (C=O) groups excluding carboxylic acids is 4. The molecule has 3 atom stereocenters. The lowest BCUT2D eigenvalue weighted by molar-refractivity contribution is -0.141. The minimum atomic E-state index is -4.56. The van der Waals surface area contributed by atoms with E-state index in [1.807, 2.05) is 0 Å². The van der Waals surface area contributed by atoms with Crippen LogP contribution in [0.4, 0.5) is 13.2 Å². The van der Waals surface area contributed by atoms with E-state index in [1.165, 1.54) is 19.2 Å². The number of ether oxygens (including phenoxy) is 1. The van der Waals surface area contributed by atoms with Gasteiger partial charge in [-0.05, 0) is 44.4 Å². The Balaban J connectivity index is 1.69. The third kappa shape index (κ3) is 9.48. The van der Waals surface area contributed by atoms with Gasteiger partial charge in [0.05, 0.1) is 18.3 Å². The van der Waals surface area contributed by atoms with Crippen LogP contribution >= 0.6 is 0 Å². The van der Waals surface area contributed by atoms with Crippen molar-refractivity contribution in [1.29, 1.82) is 0 Å². The zero-order chi connectivity index (χ0) is 30.0. The molecule has 12 nitrogen and oxygen atoms in total. The molecule has 0 bridgehead atoms. The van der Waals surface area contributed by atoms with Crippen LogP contribution in [0.25, 0.3) is 0 Å². The molecular formula is C26H33F3N6O6. The Morgan fingerprint density at radius 2 is 1.98 bits per heavy atom. The Labute approximate surface area is 234 Å². The van der Waals surface area contributed by atoms with Crippen molar-refractivity contribution in [3.63, 3.8) is 0 Å². The normalized spacial score (nSPS) is 20.1. The number of aromatic nitrogens is 2. The second-order valence-electron chi connectivity index (χ2n) is 9.45. The number of aliphatic hydroxyl groups excluding tert-OH is 1. The maximum absolute atomic E-state index is 13.1. The summed E-state index contributed by atoms with van der Waals surface area (Å²) in [5.74, 6) is -2.16. The van der Waals surface area contributed by atoms with E-state index in [2.05, 4.69) is 26.4 Å². The average Bonchev–Trinajstić information content (AvgIpc) is 3.41. The summed E-state index contributed by atoms with van der Waals surface area (Å²) in [6, 6.07) is 4.86. The maximum Gasteiger partial charge on any atom is 0.435 e. The van der Waals surface area contributed by atoms with Gasteiger partial charge in [0, 0.05) is 32.3 Å². The number of fused-ring (bicyclic) bond motifs is 1. The first-order chi connectivity index (χ1) is 19.5. The lowest BCUT2D eigenvalue weighted by Crippen LogP contribution is -2.53. The molecule has 2 aromatic rings. The van der Waals surface area contributed by atoms with Gasteiger partial charge in [-0.1, -0.05) is 12.1 Å². The summed E-state index contributed by atoms with van der Waals surface area (Å²) in [5.41, 5.74) is -0.854. The fourth-order valence-electron chi connectivity index (χ4n) is 4.00. The third-order valence-corrected chi connectivity index (χ3v) is 6.17. The molecule has 0 spiro atoms. The fourth-order valence-corrected chi connectivity index (χ4v) is 4.00. The largest absolute Gasteiger partial charge is 0.493 e. The molecule has 1 aliphatic heterocycles. The Morgan fingerprint density at radius 3 is 2.68 bits per heavy atom. The number of hydrogen-bond acceptors (Lipinski definition) is 7. The van der Waals surface area contributed by atoms with Crippen LogP contribution in [-0.4, -0.2) is 76.4 Å². The molecular weight excluding hydrogens is 549 g/mol. The van der Waals surface area contributed by atoms with Crippen LogP contribution < -0.4 is 26.0 Å². The molecule has 1 aromatic carbocycles. The Morgan fingerprint density at radius 1 is 1.22 bits per heavy atom. The van der Waals surface area contributed by atoms with Crippen LogP contribution in [0.5, 0.6) is 5.75 Å². The van der Waals surface area contributed by atoms with Gasteiger partial charge in [-0.15, -0.1) is 0 Å². The van der Waals surface area contributed by atoms with Crippen molar-refractivity contribution in [2.75, 3.05) is 19.7 Å². The summed E-state index contributed by atoms with van der Waals surface area (Å²) in [4.78, 5) is 51.2. The average molecular weight is 583 g/mol. The van der Waals surface area contributed by atoms with Gasteiger partial charge in [0.25, 0.3) is 5.91 Å². The van der Waals surface area contributed by atoms with E-state index in [-0.39, 0.29) is 56.8 Å². The molecule has 4 amide bonds. The molecule has 1 unspecified atom stereocenters. The molecule has 0 radical (unpaired) electrons. The Kier molecular flexibility index (Phi) is 11.1. The number of aliphatic hydroxyl groups is 1. The van der Waals surface area contributed by atoms with Crippen molar-refractivity contribution in [2.24, 2.45) is 0 Å². The zero-order valence-corrected chi connectivity index (χ0v) is 22.4. The van der Waals surface area contributed by atoms with Gasteiger partial charge in [0.2, 0.25) is 17.7 Å². The molecule has 1 aromatic heterocycles. The van der Waals surface area contributed by atoms with Crippen molar-refractivity contribution >= 4 is 23.6 Å². The summed E-state index contributed by atoms with van der Waals surface area (Å²) < 4.78 is 45.1. The van der Waals surface area contributed by atoms with Crippen molar-refractivity contribution in [3.8, 4) is 5.75 Å². The van der Waals surface area contributed by atoms with Crippen LogP contribution in [0, 0.1) is 0 Å². The van der Waals surface area contributed by atoms with E-state index in [4.69, 9.17) is 4.74 Å². The molecule has 0 fully saturated rings. The van der Waals surface area contributed by atoms with E-state index in [9.17, 15) is 37.5 Å². The van der Waals surface area contributed by atoms with Crippen molar-refractivity contribution in [2.45, 2.75) is 63.5 Å². The lowest BCUT2D eigenvalue weighted by atomic mass is 10.1. The monoisotopic (exact) mass is 582 g/mol. The molecule has 0 saturated carbocycles. The molecule has 1 aliphatic rings. The Bertz CT molecular complexity index is 1220. The van der Waals surface area contributed by atoms with Gasteiger partial charge in [-0.3, -0.25) is 23.9 Å². The number of hydrogen-bond donors (Lipinski definition) is 5. The van der Waals surface area contributed by atoms with Gasteiger partial charge in [0.1, 0.15) is 17.8 Å². The summed E-state index contributed by atoms with van der Waals surface area (Å²) in [7, 11) is 0. The first kappa shape index (κ1) is 31.4. The van der Waals surface area contributed by atoms with Crippen molar-refractivity contribution in [3.05, 3.63) is 47.8 Å². The number of alkyl halides is 3. The molecule has 0 saturated heterocycles. The Hall–Kier alpha value is -4.14. The van der Waals surface area contributed by atoms with Gasteiger partial charge < -0.3 is 31.1 Å². The highest BCUT2D eigenvalue weighted by Crippen LogP contribution is 2.27. The van der Waals surface area contributed by atoms with Crippen LogP contribution in [-0.2, 0) is 27.1 Å². The maximum atomic E-state index is 13.1. The number of benzene rings is 1. The second-order valence-corrected chi connectivity index (χ2v) is 9.45. The first-order valence-corrected chi connectivity index (χ1v) is 13.1. The van der Waals surface area contributed by atoms with E-state index in [1.54, 1.807) is 18.2 Å². The van der Waals surface area contributed by atoms with Gasteiger partial charge in [-0.25, -0.2) is 0 Å². The van der Waals surface area contributed by atoms with Crippen LogP contribution in [0.15, 0.2) is 36.5 Å². The number of halogens is 3. The highest BCUT2D eigenvalue weighted by Gasteiger charge is 2.33. The number of carbonyl (C=O) groups is 4.